The molecule has 0 saturated carbocycles. The second kappa shape index (κ2) is 8.04. The number of benzene rings is 1. The molecule has 4 N–H and O–H groups in total. The predicted octanol–water partition coefficient (Wildman–Crippen LogP) is 1.52. The van der Waals surface area contributed by atoms with Gasteiger partial charge in [-0.1, -0.05) is 25.1 Å². The molecule has 2 amide bonds. The van der Waals surface area contributed by atoms with Crippen molar-refractivity contribution in [2.45, 2.75) is 25.7 Å². The average Bonchev–Trinajstić information content (AvgIpc) is 2.73. The summed E-state index contributed by atoms with van der Waals surface area (Å²) >= 11 is 0. The van der Waals surface area contributed by atoms with Gasteiger partial charge in [0, 0.05) is 25.2 Å². The van der Waals surface area contributed by atoms with Gasteiger partial charge in [0.1, 0.15) is 11.6 Å². The van der Waals surface area contributed by atoms with Gasteiger partial charge >= 0.3 is 0 Å². The number of nitrogens with zero attached hydrogens (tertiary/aromatic N) is 3. The van der Waals surface area contributed by atoms with Crippen LogP contribution < -0.4 is 21.3 Å². The van der Waals surface area contributed by atoms with Gasteiger partial charge < -0.3 is 26.0 Å². The Morgan fingerprint density at radius 3 is 2.83 bits per heavy atom. The number of fused-ring (bicyclic) bond motifs is 1. The lowest BCUT2D eigenvalue weighted by Gasteiger charge is -2.30. The van der Waals surface area contributed by atoms with Crippen LogP contribution in [0.1, 0.15) is 30.4 Å². The summed E-state index contributed by atoms with van der Waals surface area (Å²) in [6.07, 6.45) is 0.782. The third kappa shape index (κ3) is 3.86. The second-order valence-corrected chi connectivity index (χ2v) is 7.08. The molecule has 1 atom stereocenters. The molecule has 9 nitrogen and oxygen atoms in total. The first-order valence-corrected chi connectivity index (χ1v) is 9.75. The number of carbonyl (C=O) groups is 2. The molecular formula is C20H24N6O3. The number of anilines is 4. The van der Waals surface area contributed by atoms with Crippen LogP contribution in [0, 0.1) is 0 Å². The Morgan fingerprint density at radius 2 is 2.07 bits per heavy atom. The topological polar surface area (TPSA) is 122 Å². The van der Waals surface area contributed by atoms with Gasteiger partial charge in [0.25, 0.3) is 0 Å². The maximum Gasteiger partial charge on any atom is 0.232 e. The Bertz CT molecular complexity index is 942. The van der Waals surface area contributed by atoms with E-state index >= 15 is 0 Å². The summed E-state index contributed by atoms with van der Waals surface area (Å²) in [7, 11) is 0. The van der Waals surface area contributed by atoms with Crippen molar-refractivity contribution in [3.63, 3.8) is 0 Å². The zero-order valence-electron chi connectivity index (χ0n) is 16.3. The smallest absolute Gasteiger partial charge is 0.232 e. The van der Waals surface area contributed by atoms with E-state index in [-0.39, 0.29) is 24.1 Å². The van der Waals surface area contributed by atoms with Gasteiger partial charge in [0.2, 0.25) is 17.8 Å². The molecule has 0 unspecified atom stereocenters. The van der Waals surface area contributed by atoms with E-state index in [0.29, 0.717) is 43.6 Å². The van der Waals surface area contributed by atoms with Crippen LogP contribution in [0.5, 0.6) is 0 Å². The van der Waals surface area contributed by atoms with Gasteiger partial charge in [0.05, 0.1) is 24.7 Å². The molecule has 1 aromatic heterocycles. The molecule has 2 aliphatic rings. The van der Waals surface area contributed by atoms with Crippen LogP contribution in [0.15, 0.2) is 24.3 Å². The zero-order chi connectivity index (χ0) is 20.4. The van der Waals surface area contributed by atoms with Crippen molar-refractivity contribution in [2.75, 3.05) is 47.6 Å². The van der Waals surface area contributed by atoms with Crippen molar-refractivity contribution < 1.29 is 14.3 Å². The molecule has 2 aliphatic heterocycles. The van der Waals surface area contributed by atoms with Gasteiger partial charge in [-0.15, -0.1) is 0 Å². The minimum absolute atomic E-state index is 0.00239. The van der Waals surface area contributed by atoms with Gasteiger partial charge in [-0.05, 0) is 18.1 Å². The highest BCUT2D eigenvalue weighted by atomic mass is 16.5. The number of amides is 2. The van der Waals surface area contributed by atoms with Crippen molar-refractivity contribution in [3.05, 3.63) is 35.4 Å². The van der Waals surface area contributed by atoms with E-state index in [4.69, 9.17) is 10.5 Å². The first kappa shape index (κ1) is 19.1. The highest BCUT2D eigenvalue weighted by Gasteiger charge is 2.35. The highest BCUT2D eigenvalue weighted by Crippen LogP contribution is 2.36. The van der Waals surface area contributed by atoms with E-state index in [9.17, 15) is 9.59 Å². The van der Waals surface area contributed by atoms with Crippen LogP contribution in [0.3, 0.4) is 0 Å². The van der Waals surface area contributed by atoms with Gasteiger partial charge in [-0.25, -0.2) is 0 Å². The van der Waals surface area contributed by atoms with Crippen LogP contribution in [0.25, 0.3) is 0 Å². The number of hydrogen-bond acceptors (Lipinski definition) is 7. The molecular weight excluding hydrogens is 372 g/mol. The normalized spacial score (nSPS) is 18.7. The van der Waals surface area contributed by atoms with Crippen molar-refractivity contribution in [1.29, 1.82) is 0 Å². The Kier molecular flexibility index (Phi) is 5.30. The van der Waals surface area contributed by atoms with Crippen molar-refractivity contribution in [3.8, 4) is 0 Å². The molecule has 4 rings (SSSR count). The summed E-state index contributed by atoms with van der Waals surface area (Å²) in [5.41, 5.74) is 8.45. The molecule has 0 aliphatic carbocycles. The number of hydrogen-bond donors (Lipinski definition) is 3. The number of para-hydroxylation sites is 1. The number of nitrogens with one attached hydrogen (secondary N) is 2. The summed E-state index contributed by atoms with van der Waals surface area (Å²) < 4.78 is 5.35. The van der Waals surface area contributed by atoms with E-state index in [1.165, 1.54) is 0 Å². The third-order valence-corrected chi connectivity index (χ3v) is 5.23. The van der Waals surface area contributed by atoms with Crippen LogP contribution in [0.4, 0.5) is 23.3 Å². The number of ether oxygens (including phenoxy) is 1. The van der Waals surface area contributed by atoms with Crippen LogP contribution in [0.2, 0.25) is 0 Å². The Labute approximate surface area is 168 Å². The zero-order valence-corrected chi connectivity index (χ0v) is 16.3. The fourth-order valence-corrected chi connectivity index (χ4v) is 3.68. The summed E-state index contributed by atoms with van der Waals surface area (Å²) in [5, 5.41) is 5.68. The maximum absolute atomic E-state index is 13.1. The van der Waals surface area contributed by atoms with Crippen molar-refractivity contribution >= 4 is 35.1 Å². The molecule has 0 spiro atoms. The average molecular weight is 396 g/mol. The number of aryl methyl sites for hydroxylation is 1. The number of rotatable bonds is 4. The predicted molar refractivity (Wildman–Crippen MR) is 110 cm³/mol. The van der Waals surface area contributed by atoms with Gasteiger partial charge in [-0.3, -0.25) is 9.59 Å². The minimum atomic E-state index is -0.748. The molecule has 0 bridgehead atoms. The van der Waals surface area contributed by atoms with Crippen molar-refractivity contribution in [1.82, 2.24) is 9.97 Å². The monoisotopic (exact) mass is 396 g/mol. The molecule has 1 fully saturated rings. The molecule has 1 aromatic carbocycles. The first-order valence-electron chi connectivity index (χ1n) is 9.75. The van der Waals surface area contributed by atoms with E-state index in [0.717, 1.165) is 17.7 Å². The van der Waals surface area contributed by atoms with Crippen LogP contribution >= 0.6 is 0 Å². The maximum atomic E-state index is 13.1. The molecule has 9 heteroatoms. The Morgan fingerprint density at radius 1 is 1.31 bits per heavy atom. The summed E-state index contributed by atoms with van der Waals surface area (Å²) in [6.45, 7) is 4.46. The lowest BCUT2D eigenvalue weighted by molar-refractivity contribution is -0.123. The molecule has 29 heavy (non-hydrogen) atoms. The molecule has 0 radical (unpaired) electrons. The largest absolute Gasteiger partial charge is 0.383 e. The first-order chi connectivity index (χ1) is 14.1. The van der Waals surface area contributed by atoms with E-state index < -0.39 is 5.92 Å². The minimum Gasteiger partial charge on any atom is -0.383 e. The Balaban J connectivity index is 1.64. The fourth-order valence-electron chi connectivity index (χ4n) is 3.68. The Hall–Kier alpha value is -3.20. The van der Waals surface area contributed by atoms with E-state index in [1.54, 1.807) is 0 Å². The number of morpholine rings is 1. The second-order valence-electron chi connectivity index (χ2n) is 7.08. The molecule has 1 saturated heterocycles. The highest BCUT2D eigenvalue weighted by molar-refractivity contribution is 6.05. The molecule has 152 valence electrons. The summed E-state index contributed by atoms with van der Waals surface area (Å²) in [6, 6.07) is 7.60. The van der Waals surface area contributed by atoms with Crippen LogP contribution in [-0.2, 0) is 20.7 Å². The number of aromatic nitrogens is 2. The summed E-state index contributed by atoms with van der Waals surface area (Å²) in [4.78, 5) is 36.2. The van der Waals surface area contributed by atoms with Crippen LogP contribution in [-0.4, -0.2) is 48.1 Å². The van der Waals surface area contributed by atoms with E-state index in [1.807, 2.05) is 36.1 Å². The van der Waals surface area contributed by atoms with Gasteiger partial charge in [-0.2, -0.15) is 9.97 Å². The number of nitrogen functional groups attached to an aromatic ring is 1. The lowest BCUT2D eigenvalue weighted by atomic mass is 9.91. The number of nitrogens with two attached hydrogens (primary N) is 1. The third-order valence-electron chi connectivity index (χ3n) is 5.23. The number of carbonyl (C=O) groups excluding carboxylic acids is 2. The SMILES string of the molecule is CCc1ccccc1NC(=O)[C@H]1CC(=O)Nc2nc(N3CCOCC3)nc(N)c21. The summed E-state index contributed by atoms with van der Waals surface area (Å²) in [5.74, 6) is -0.367. The van der Waals surface area contributed by atoms with Gasteiger partial charge in [0.15, 0.2) is 0 Å². The van der Waals surface area contributed by atoms with Crippen molar-refractivity contribution in [2.24, 2.45) is 0 Å². The molecule has 3 heterocycles. The quantitative estimate of drug-likeness (QED) is 0.716. The molecule has 2 aromatic rings. The standard InChI is InChI=1S/C20H24N6O3/c1-2-12-5-3-4-6-14(12)22-19(28)13-11-15(27)23-18-16(13)17(21)24-20(25-18)26-7-9-29-10-8-26/h3-6,13H,2,7-11H2,1H3,(H,22,28)(H3,21,23,24,25,27)/t13-/m0/s1. The lowest BCUT2D eigenvalue weighted by Crippen LogP contribution is -2.38. The van der Waals surface area contributed by atoms with E-state index in [2.05, 4.69) is 20.6 Å². The fraction of sp³-hybridized carbons (Fsp3) is 0.400.